The molecular weight excluding hydrogens is 178 g/mol. The van der Waals surface area contributed by atoms with Crippen molar-refractivity contribution < 1.29 is 4.42 Å². The van der Waals surface area contributed by atoms with E-state index in [1.54, 1.807) is 6.20 Å². The highest BCUT2D eigenvalue weighted by Crippen LogP contribution is 2.07. The molecule has 0 aromatic carbocycles. The van der Waals surface area contributed by atoms with Crippen LogP contribution >= 0.6 is 0 Å². The van der Waals surface area contributed by atoms with E-state index in [4.69, 9.17) is 4.42 Å². The molecule has 0 amide bonds. The predicted octanol–water partition coefficient (Wildman–Crippen LogP) is 1.84. The number of oxazole rings is 1. The van der Waals surface area contributed by atoms with E-state index >= 15 is 0 Å². The quantitative estimate of drug-likeness (QED) is 0.727. The summed E-state index contributed by atoms with van der Waals surface area (Å²) in [6.45, 7) is 6.52. The molecule has 0 fully saturated rings. The third-order valence-electron chi connectivity index (χ3n) is 2.16. The molecule has 0 bridgehead atoms. The minimum Gasteiger partial charge on any atom is -0.444 e. The zero-order valence-electron chi connectivity index (χ0n) is 8.61. The van der Waals surface area contributed by atoms with Crippen LogP contribution in [-0.2, 0) is 6.54 Å². The highest BCUT2D eigenvalue weighted by atomic mass is 16.4. The van der Waals surface area contributed by atoms with Gasteiger partial charge in [0.05, 0.1) is 11.9 Å². The van der Waals surface area contributed by atoms with Crippen LogP contribution in [0.2, 0.25) is 0 Å². The van der Waals surface area contributed by atoms with Gasteiger partial charge in [-0.2, -0.15) is 5.10 Å². The third kappa shape index (κ3) is 1.69. The zero-order chi connectivity index (χ0) is 10.1. The Morgan fingerprint density at radius 2 is 2.14 bits per heavy atom. The Morgan fingerprint density at radius 3 is 2.64 bits per heavy atom. The van der Waals surface area contributed by atoms with Gasteiger partial charge >= 0.3 is 0 Å². The molecule has 0 aliphatic carbocycles. The minimum absolute atomic E-state index is 0.600. The molecule has 0 aliphatic heterocycles. The van der Waals surface area contributed by atoms with E-state index in [2.05, 4.69) is 10.1 Å². The number of hydrogen-bond donors (Lipinski definition) is 0. The summed E-state index contributed by atoms with van der Waals surface area (Å²) in [5.41, 5.74) is 2.24. The van der Waals surface area contributed by atoms with Crippen molar-refractivity contribution in [3.63, 3.8) is 0 Å². The Kier molecular flexibility index (Phi) is 2.11. The lowest BCUT2D eigenvalue weighted by Gasteiger charge is -1.95. The van der Waals surface area contributed by atoms with E-state index < -0.39 is 0 Å². The number of rotatable bonds is 2. The fraction of sp³-hybridized carbons (Fsp3) is 0.400. The Balaban J connectivity index is 2.18. The standard InChI is InChI=1S/C10H13N3O/c1-7-5-13(12-9(7)3)6-10-11-4-8(2)14-10/h4-5H,6H2,1-3H3. The van der Waals surface area contributed by atoms with E-state index in [-0.39, 0.29) is 0 Å². The van der Waals surface area contributed by atoms with Crippen molar-refractivity contribution in [1.29, 1.82) is 0 Å². The van der Waals surface area contributed by atoms with Crippen molar-refractivity contribution in [3.8, 4) is 0 Å². The van der Waals surface area contributed by atoms with Crippen LogP contribution in [-0.4, -0.2) is 14.8 Å². The summed E-state index contributed by atoms with van der Waals surface area (Å²) < 4.78 is 7.21. The fourth-order valence-corrected chi connectivity index (χ4v) is 1.31. The number of aromatic nitrogens is 3. The van der Waals surface area contributed by atoms with Gasteiger partial charge in [0.15, 0.2) is 0 Å². The summed E-state index contributed by atoms with van der Waals surface area (Å²) in [5, 5.41) is 4.33. The van der Waals surface area contributed by atoms with Gasteiger partial charge in [0.2, 0.25) is 5.89 Å². The summed E-state index contributed by atoms with van der Waals surface area (Å²) in [7, 11) is 0. The molecule has 0 atom stereocenters. The predicted molar refractivity (Wildman–Crippen MR) is 52.0 cm³/mol. The maximum absolute atomic E-state index is 5.36. The Hall–Kier alpha value is -1.58. The number of nitrogens with zero attached hydrogens (tertiary/aromatic N) is 3. The first-order chi connectivity index (χ1) is 6.65. The van der Waals surface area contributed by atoms with Crippen molar-refractivity contribution in [2.45, 2.75) is 27.3 Å². The lowest BCUT2D eigenvalue weighted by Crippen LogP contribution is -2.00. The molecule has 0 unspecified atom stereocenters. The van der Waals surface area contributed by atoms with Crippen LogP contribution in [0.3, 0.4) is 0 Å². The van der Waals surface area contributed by atoms with Gasteiger partial charge in [0.25, 0.3) is 0 Å². The molecule has 4 heteroatoms. The summed E-state index contributed by atoms with van der Waals surface area (Å²) in [5.74, 6) is 1.53. The first-order valence-corrected chi connectivity index (χ1v) is 4.57. The van der Waals surface area contributed by atoms with Crippen LogP contribution in [0.4, 0.5) is 0 Å². The second-order valence-corrected chi connectivity index (χ2v) is 3.46. The van der Waals surface area contributed by atoms with Gasteiger partial charge in [-0.3, -0.25) is 4.68 Å². The van der Waals surface area contributed by atoms with Gasteiger partial charge in [0.1, 0.15) is 12.3 Å². The molecule has 4 nitrogen and oxygen atoms in total. The molecular formula is C10H13N3O. The Bertz CT molecular complexity index is 422. The van der Waals surface area contributed by atoms with Gasteiger partial charge < -0.3 is 4.42 Å². The van der Waals surface area contributed by atoms with E-state index in [1.165, 1.54) is 5.56 Å². The smallest absolute Gasteiger partial charge is 0.216 e. The maximum atomic E-state index is 5.36. The average molecular weight is 191 g/mol. The van der Waals surface area contributed by atoms with Crippen molar-refractivity contribution in [3.05, 3.63) is 35.3 Å². The highest BCUT2D eigenvalue weighted by Gasteiger charge is 2.04. The molecule has 2 aromatic heterocycles. The number of aryl methyl sites for hydroxylation is 3. The van der Waals surface area contributed by atoms with E-state index in [9.17, 15) is 0 Å². The summed E-state index contributed by atoms with van der Waals surface area (Å²) in [6, 6.07) is 0. The third-order valence-corrected chi connectivity index (χ3v) is 2.16. The van der Waals surface area contributed by atoms with E-state index in [0.29, 0.717) is 12.4 Å². The maximum Gasteiger partial charge on any atom is 0.216 e. The zero-order valence-corrected chi connectivity index (χ0v) is 8.61. The van der Waals surface area contributed by atoms with Crippen LogP contribution in [0.5, 0.6) is 0 Å². The molecule has 2 aromatic rings. The van der Waals surface area contributed by atoms with Crippen molar-refractivity contribution in [2.24, 2.45) is 0 Å². The van der Waals surface area contributed by atoms with Gasteiger partial charge in [0, 0.05) is 6.20 Å². The largest absolute Gasteiger partial charge is 0.444 e. The number of hydrogen-bond acceptors (Lipinski definition) is 3. The van der Waals surface area contributed by atoms with Crippen LogP contribution < -0.4 is 0 Å². The first-order valence-electron chi connectivity index (χ1n) is 4.57. The molecule has 0 aliphatic rings. The summed E-state index contributed by atoms with van der Waals surface area (Å²) in [4.78, 5) is 4.12. The molecule has 0 N–H and O–H groups in total. The van der Waals surface area contributed by atoms with Crippen LogP contribution in [0.25, 0.3) is 0 Å². The van der Waals surface area contributed by atoms with E-state index in [1.807, 2.05) is 31.6 Å². The molecule has 0 saturated carbocycles. The fourth-order valence-electron chi connectivity index (χ4n) is 1.31. The lowest BCUT2D eigenvalue weighted by molar-refractivity contribution is 0.446. The molecule has 2 rings (SSSR count). The molecule has 2 heterocycles. The van der Waals surface area contributed by atoms with Crippen LogP contribution in [0, 0.1) is 20.8 Å². The average Bonchev–Trinajstić information content (AvgIpc) is 2.62. The van der Waals surface area contributed by atoms with E-state index in [0.717, 1.165) is 11.5 Å². The van der Waals surface area contributed by atoms with Gasteiger partial charge in [-0.15, -0.1) is 0 Å². The van der Waals surface area contributed by atoms with Crippen molar-refractivity contribution in [1.82, 2.24) is 14.8 Å². The molecule has 14 heavy (non-hydrogen) atoms. The van der Waals surface area contributed by atoms with Gasteiger partial charge in [-0.05, 0) is 26.3 Å². The lowest BCUT2D eigenvalue weighted by atomic mass is 10.3. The monoisotopic (exact) mass is 191 g/mol. The Labute approximate surface area is 82.6 Å². The molecule has 74 valence electrons. The second kappa shape index (κ2) is 3.29. The molecule has 0 spiro atoms. The first kappa shape index (κ1) is 8.99. The van der Waals surface area contributed by atoms with Gasteiger partial charge in [-0.1, -0.05) is 0 Å². The summed E-state index contributed by atoms with van der Waals surface area (Å²) >= 11 is 0. The summed E-state index contributed by atoms with van der Waals surface area (Å²) in [6.07, 6.45) is 3.72. The van der Waals surface area contributed by atoms with Crippen molar-refractivity contribution >= 4 is 0 Å². The molecule has 0 radical (unpaired) electrons. The SMILES string of the molecule is Cc1cnc(Cn2cc(C)c(C)n2)o1. The van der Waals surface area contributed by atoms with Gasteiger partial charge in [-0.25, -0.2) is 4.98 Å². The topological polar surface area (TPSA) is 43.9 Å². The molecule has 0 saturated heterocycles. The normalized spacial score (nSPS) is 10.8. The minimum atomic E-state index is 0.600. The van der Waals surface area contributed by atoms with Crippen molar-refractivity contribution in [2.75, 3.05) is 0 Å². The second-order valence-electron chi connectivity index (χ2n) is 3.46. The van der Waals surface area contributed by atoms with Crippen LogP contribution in [0.1, 0.15) is 22.9 Å². The van der Waals surface area contributed by atoms with Crippen LogP contribution in [0.15, 0.2) is 16.8 Å². The Morgan fingerprint density at radius 1 is 1.36 bits per heavy atom. The highest BCUT2D eigenvalue weighted by molar-refractivity contribution is 5.12.